The normalized spacial score (nSPS) is 17.0. The minimum absolute atomic E-state index is 0.00486. The lowest BCUT2D eigenvalue weighted by molar-refractivity contribution is -0.145. The van der Waals surface area contributed by atoms with Gasteiger partial charge in [-0.1, -0.05) is 54.6 Å². The van der Waals surface area contributed by atoms with Gasteiger partial charge < -0.3 is 21.1 Å². The molecule has 1 aliphatic heterocycles. The van der Waals surface area contributed by atoms with Crippen LogP contribution in [0.5, 0.6) is 0 Å². The van der Waals surface area contributed by atoms with Crippen LogP contribution in [-0.2, 0) is 22.6 Å². The predicted molar refractivity (Wildman–Crippen MR) is 110 cm³/mol. The van der Waals surface area contributed by atoms with E-state index >= 15 is 0 Å². The number of hydrogen-bond acceptors (Lipinski definition) is 4. The van der Waals surface area contributed by atoms with Crippen molar-refractivity contribution in [3.63, 3.8) is 0 Å². The molecule has 2 atom stereocenters. The Morgan fingerprint density at radius 2 is 1.83 bits per heavy atom. The van der Waals surface area contributed by atoms with Crippen molar-refractivity contribution in [2.24, 2.45) is 5.73 Å². The zero-order chi connectivity index (χ0) is 20.8. The number of nitrogens with one attached hydrogen (secondary N) is 2. The van der Waals surface area contributed by atoms with E-state index < -0.39 is 18.1 Å². The maximum atomic E-state index is 12.7. The first-order chi connectivity index (χ1) is 14.0. The van der Waals surface area contributed by atoms with E-state index in [-0.39, 0.29) is 18.2 Å². The van der Waals surface area contributed by atoms with Crippen molar-refractivity contribution >= 4 is 17.6 Å². The fraction of sp³-hybridized carbons (Fsp3) is 0.318. The highest BCUT2D eigenvalue weighted by Crippen LogP contribution is 2.20. The number of amidine groups is 1. The quantitative estimate of drug-likeness (QED) is 0.416. The summed E-state index contributed by atoms with van der Waals surface area (Å²) in [4.78, 5) is 26.8. The Kier molecular flexibility index (Phi) is 6.61. The van der Waals surface area contributed by atoms with E-state index in [1.807, 2.05) is 30.3 Å². The van der Waals surface area contributed by atoms with Crippen LogP contribution >= 0.6 is 0 Å². The minimum atomic E-state index is -1.16. The molecule has 0 spiro atoms. The average Bonchev–Trinajstić information content (AvgIpc) is 3.22. The number of nitrogens with zero attached hydrogens (tertiary/aromatic N) is 1. The van der Waals surface area contributed by atoms with Gasteiger partial charge in [0.2, 0.25) is 5.91 Å². The van der Waals surface area contributed by atoms with E-state index in [1.54, 1.807) is 24.3 Å². The van der Waals surface area contributed by atoms with Crippen molar-refractivity contribution in [1.82, 2.24) is 10.2 Å². The van der Waals surface area contributed by atoms with Crippen molar-refractivity contribution in [2.75, 3.05) is 6.54 Å². The molecule has 7 nitrogen and oxygen atoms in total. The van der Waals surface area contributed by atoms with Crippen LogP contribution < -0.4 is 11.1 Å². The molecule has 1 saturated heterocycles. The number of amides is 2. The molecule has 2 unspecified atom stereocenters. The monoisotopic (exact) mass is 394 g/mol. The van der Waals surface area contributed by atoms with Crippen LogP contribution in [0.1, 0.15) is 29.5 Å². The van der Waals surface area contributed by atoms with Crippen LogP contribution in [-0.4, -0.2) is 46.3 Å². The van der Waals surface area contributed by atoms with Crippen LogP contribution in [0.15, 0.2) is 54.6 Å². The van der Waals surface area contributed by atoms with Crippen molar-refractivity contribution in [3.8, 4) is 0 Å². The molecule has 3 rings (SSSR count). The molecule has 29 heavy (non-hydrogen) atoms. The molecule has 0 aliphatic carbocycles. The van der Waals surface area contributed by atoms with E-state index in [0.717, 1.165) is 17.5 Å². The summed E-state index contributed by atoms with van der Waals surface area (Å²) in [5.74, 6) is -0.634. The van der Waals surface area contributed by atoms with Crippen LogP contribution in [0.2, 0.25) is 0 Å². The maximum Gasteiger partial charge on any atom is 0.252 e. The van der Waals surface area contributed by atoms with Gasteiger partial charge in [0.1, 0.15) is 18.0 Å². The Morgan fingerprint density at radius 1 is 1.14 bits per heavy atom. The third kappa shape index (κ3) is 5.20. The molecule has 0 saturated carbocycles. The van der Waals surface area contributed by atoms with Crippen LogP contribution in [0, 0.1) is 5.41 Å². The third-order valence-electron chi connectivity index (χ3n) is 5.13. The van der Waals surface area contributed by atoms with E-state index in [2.05, 4.69) is 5.32 Å². The summed E-state index contributed by atoms with van der Waals surface area (Å²) < 4.78 is 0. The standard InChI is InChI=1S/C22H26N4O3/c23-20(24)17-10-8-16(9-11-17)14-25-21(28)18-7-4-12-26(18)22(29)19(27)13-15-5-2-1-3-6-15/h1-3,5-6,8-11,18-19,27H,4,7,12-14H2,(H3,23,24)(H,25,28). The van der Waals surface area contributed by atoms with Crippen molar-refractivity contribution in [2.45, 2.75) is 38.0 Å². The Hall–Kier alpha value is -3.19. The Bertz CT molecular complexity index is 867. The Morgan fingerprint density at radius 3 is 2.48 bits per heavy atom. The fourth-order valence-corrected chi connectivity index (χ4v) is 3.53. The average molecular weight is 394 g/mol. The van der Waals surface area contributed by atoms with Crippen LogP contribution in [0.25, 0.3) is 0 Å². The summed E-state index contributed by atoms with van der Waals surface area (Å²) in [6.45, 7) is 0.790. The highest BCUT2D eigenvalue weighted by Gasteiger charge is 2.36. The summed E-state index contributed by atoms with van der Waals surface area (Å²) >= 11 is 0. The Labute approximate surface area is 170 Å². The second-order valence-corrected chi connectivity index (χ2v) is 7.22. The van der Waals surface area contributed by atoms with Crippen molar-refractivity contribution in [3.05, 3.63) is 71.3 Å². The first-order valence-corrected chi connectivity index (χ1v) is 9.69. The SMILES string of the molecule is N=C(N)c1ccc(CNC(=O)C2CCCN2C(=O)C(O)Cc2ccccc2)cc1. The first-order valence-electron chi connectivity index (χ1n) is 9.69. The zero-order valence-corrected chi connectivity index (χ0v) is 16.2. The van der Waals surface area contributed by atoms with Crippen LogP contribution in [0.4, 0.5) is 0 Å². The molecule has 0 radical (unpaired) electrons. The number of carbonyl (C=O) groups excluding carboxylic acids is 2. The van der Waals surface area contributed by atoms with Gasteiger partial charge in [0.15, 0.2) is 0 Å². The lowest BCUT2D eigenvalue weighted by Crippen LogP contribution is -2.49. The summed E-state index contributed by atoms with van der Waals surface area (Å²) in [6.07, 6.45) is 0.381. The molecule has 0 aromatic heterocycles. The molecular weight excluding hydrogens is 368 g/mol. The number of hydrogen-bond donors (Lipinski definition) is 4. The van der Waals surface area contributed by atoms with Gasteiger partial charge in [0.25, 0.3) is 5.91 Å². The molecule has 1 fully saturated rings. The fourth-order valence-electron chi connectivity index (χ4n) is 3.53. The van der Waals surface area contributed by atoms with E-state index in [1.165, 1.54) is 4.90 Å². The van der Waals surface area contributed by atoms with Gasteiger partial charge in [-0.2, -0.15) is 0 Å². The number of aliphatic hydroxyl groups is 1. The van der Waals surface area contributed by atoms with Gasteiger partial charge in [-0.05, 0) is 24.0 Å². The summed E-state index contributed by atoms with van der Waals surface area (Å²) in [7, 11) is 0. The molecule has 152 valence electrons. The smallest absolute Gasteiger partial charge is 0.252 e. The summed E-state index contributed by atoms with van der Waals surface area (Å²) in [5, 5.41) is 20.6. The van der Waals surface area contributed by atoms with Crippen molar-refractivity contribution < 1.29 is 14.7 Å². The third-order valence-corrected chi connectivity index (χ3v) is 5.13. The number of nitrogen functional groups attached to an aromatic ring is 1. The molecule has 2 aromatic carbocycles. The summed E-state index contributed by atoms with van der Waals surface area (Å²) in [5.41, 5.74) is 7.82. The number of carbonyl (C=O) groups is 2. The lowest BCUT2D eigenvalue weighted by atomic mass is 10.1. The van der Waals surface area contributed by atoms with Gasteiger partial charge in [-0.15, -0.1) is 0 Å². The van der Waals surface area contributed by atoms with E-state index in [0.29, 0.717) is 25.1 Å². The number of benzene rings is 2. The highest BCUT2D eigenvalue weighted by atomic mass is 16.3. The zero-order valence-electron chi connectivity index (χ0n) is 16.2. The molecule has 2 aromatic rings. The highest BCUT2D eigenvalue weighted by molar-refractivity contribution is 5.95. The second kappa shape index (κ2) is 9.34. The molecule has 5 N–H and O–H groups in total. The summed E-state index contributed by atoms with van der Waals surface area (Å²) in [6, 6.07) is 15.8. The molecule has 1 aliphatic rings. The molecule has 7 heteroatoms. The largest absolute Gasteiger partial charge is 0.384 e. The van der Waals surface area contributed by atoms with Gasteiger partial charge >= 0.3 is 0 Å². The number of nitrogens with two attached hydrogens (primary N) is 1. The molecule has 1 heterocycles. The topological polar surface area (TPSA) is 120 Å². The number of aliphatic hydroxyl groups excluding tert-OH is 1. The van der Waals surface area contributed by atoms with Crippen molar-refractivity contribution in [1.29, 1.82) is 5.41 Å². The van der Waals surface area contributed by atoms with Crippen LogP contribution in [0.3, 0.4) is 0 Å². The minimum Gasteiger partial charge on any atom is -0.384 e. The number of likely N-dealkylation sites (tertiary alicyclic amines) is 1. The Balaban J connectivity index is 1.56. The predicted octanol–water partition coefficient (Wildman–Crippen LogP) is 1.18. The molecule has 0 bridgehead atoms. The van der Waals surface area contributed by atoms with Gasteiger partial charge in [0.05, 0.1) is 0 Å². The maximum absolute atomic E-state index is 12.7. The van der Waals surface area contributed by atoms with Gasteiger partial charge in [-0.3, -0.25) is 15.0 Å². The van der Waals surface area contributed by atoms with E-state index in [9.17, 15) is 14.7 Å². The number of rotatable bonds is 7. The molecular formula is C22H26N4O3. The van der Waals surface area contributed by atoms with E-state index in [4.69, 9.17) is 11.1 Å². The lowest BCUT2D eigenvalue weighted by Gasteiger charge is -2.26. The molecule has 2 amide bonds. The van der Waals surface area contributed by atoms with Gasteiger partial charge in [-0.25, -0.2) is 0 Å². The van der Waals surface area contributed by atoms with Gasteiger partial charge in [0, 0.05) is 25.1 Å². The second-order valence-electron chi connectivity index (χ2n) is 7.22. The first kappa shape index (κ1) is 20.5.